The Hall–Kier alpha value is -0.320. The molecule has 1 nitrogen and oxygen atoms in total. The molecule has 0 bridgehead atoms. The Labute approximate surface area is 185 Å². The van der Waals surface area contributed by atoms with Gasteiger partial charge in [-0.3, -0.25) is 0 Å². The maximum atomic E-state index is 15.5. The molecule has 11 unspecified atom stereocenters. The molecule has 178 valence electrons. The van der Waals surface area contributed by atoms with Crippen molar-refractivity contribution in [3.05, 3.63) is 0 Å². The number of fused-ring (bicyclic) bond motifs is 3. The number of hydrogen-bond acceptors (Lipinski definition) is 1. The molecule has 0 aromatic heterocycles. The smallest absolute Gasteiger partial charge is 0.135 e. The van der Waals surface area contributed by atoms with Crippen LogP contribution >= 0.6 is 0 Å². The van der Waals surface area contributed by atoms with Crippen LogP contribution in [0.25, 0.3) is 0 Å². The first-order chi connectivity index (χ1) is 14.9. The second-order valence-corrected chi connectivity index (χ2v) is 11.7. The van der Waals surface area contributed by atoms with Crippen molar-refractivity contribution in [3.63, 3.8) is 0 Å². The molecule has 4 aliphatic carbocycles. The molecule has 0 N–H and O–H groups in total. The third-order valence-corrected chi connectivity index (χ3v) is 10.3. The summed E-state index contributed by atoms with van der Waals surface area (Å²) in [4.78, 5) is 0. The van der Waals surface area contributed by atoms with Crippen LogP contribution in [-0.2, 0) is 4.74 Å². The van der Waals surface area contributed by atoms with E-state index in [1.165, 1.54) is 6.42 Å². The molecule has 1 heterocycles. The lowest BCUT2D eigenvalue weighted by Crippen LogP contribution is -2.56. The van der Waals surface area contributed by atoms with E-state index in [1.54, 1.807) is 0 Å². The van der Waals surface area contributed by atoms with E-state index < -0.39 is 36.5 Å². The molecule has 0 amide bonds. The minimum Gasteiger partial charge on any atom is -0.378 e. The summed E-state index contributed by atoms with van der Waals surface area (Å²) in [7, 11) is 0. The lowest BCUT2D eigenvalue weighted by molar-refractivity contribution is -0.130. The van der Waals surface area contributed by atoms with Gasteiger partial charge in [0, 0.05) is 11.8 Å². The highest BCUT2D eigenvalue weighted by Crippen LogP contribution is 2.57. The van der Waals surface area contributed by atoms with Crippen LogP contribution in [0, 0.1) is 47.3 Å². The van der Waals surface area contributed by atoms with Gasteiger partial charge in [-0.2, -0.15) is 0 Å². The number of halogens is 4. The Morgan fingerprint density at radius 3 is 1.84 bits per heavy atom. The summed E-state index contributed by atoms with van der Waals surface area (Å²) in [5, 5.41) is 0. The van der Waals surface area contributed by atoms with Gasteiger partial charge in [0.2, 0.25) is 0 Å². The fraction of sp³-hybridized carbons (Fsp3) is 1.00. The van der Waals surface area contributed by atoms with Gasteiger partial charge >= 0.3 is 0 Å². The average Bonchev–Trinajstić information content (AvgIpc) is 2.79. The molecule has 1 aliphatic heterocycles. The van der Waals surface area contributed by atoms with Crippen molar-refractivity contribution in [2.24, 2.45) is 47.3 Å². The second kappa shape index (κ2) is 9.14. The van der Waals surface area contributed by atoms with E-state index in [0.29, 0.717) is 30.8 Å². The fourth-order valence-corrected chi connectivity index (χ4v) is 8.47. The topological polar surface area (TPSA) is 9.23 Å². The molecule has 0 aromatic carbocycles. The van der Waals surface area contributed by atoms with Crippen LogP contribution in [0.1, 0.15) is 77.6 Å². The van der Waals surface area contributed by atoms with Crippen molar-refractivity contribution in [2.45, 2.75) is 108 Å². The zero-order chi connectivity index (χ0) is 21.7. The van der Waals surface area contributed by atoms with Crippen molar-refractivity contribution in [1.82, 2.24) is 0 Å². The Kier molecular flexibility index (Phi) is 6.63. The summed E-state index contributed by atoms with van der Waals surface area (Å²) in [5.41, 5.74) is 0. The molecule has 5 heteroatoms. The molecule has 5 aliphatic rings. The predicted molar refractivity (Wildman–Crippen MR) is 114 cm³/mol. The minimum atomic E-state index is -1.62. The molecule has 4 saturated carbocycles. The molecule has 0 spiro atoms. The zero-order valence-electron chi connectivity index (χ0n) is 18.9. The van der Waals surface area contributed by atoms with Crippen LogP contribution in [-0.4, -0.2) is 37.4 Å². The molecule has 31 heavy (non-hydrogen) atoms. The minimum absolute atomic E-state index is 0.0303. The van der Waals surface area contributed by atoms with E-state index >= 15 is 8.78 Å². The van der Waals surface area contributed by atoms with Crippen molar-refractivity contribution < 1.29 is 22.3 Å². The van der Waals surface area contributed by atoms with Gasteiger partial charge in [0.1, 0.15) is 24.7 Å². The Balaban J connectivity index is 1.22. The van der Waals surface area contributed by atoms with E-state index in [1.807, 2.05) is 0 Å². The van der Waals surface area contributed by atoms with Crippen LogP contribution in [0.2, 0.25) is 0 Å². The normalized spacial score (nSPS) is 55.8. The van der Waals surface area contributed by atoms with Gasteiger partial charge < -0.3 is 4.74 Å². The SMILES string of the molecule is CC1CCC(C2CCC(C3CC4CCC5CCC(F)C(F)C5C4C(F)C3F)CC2)CO1. The first-order valence-electron chi connectivity index (χ1n) is 13.1. The highest BCUT2D eigenvalue weighted by Gasteiger charge is 2.57. The number of rotatable bonds is 2. The third-order valence-electron chi connectivity index (χ3n) is 10.3. The third kappa shape index (κ3) is 4.19. The van der Waals surface area contributed by atoms with E-state index in [0.717, 1.165) is 51.6 Å². The highest BCUT2D eigenvalue weighted by atomic mass is 19.2. The van der Waals surface area contributed by atoms with Gasteiger partial charge in [0.25, 0.3) is 0 Å². The van der Waals surface area contributed by atoms with E-state index in [-0.39, 0.29) is 30.1 Å². The van der Waals surface area contributed by atoms with Crippen molar-refractivity contribution in [1.29, 1.82) is 0 Å². The fourth-order valence-electron chi connectivity index (χ4n) is 8.47. The Morgan fingerprint density at radius 1 is 0.548 bits per heavy atom. The van der Waals surface area contributed by atoms with Gasteiger partial charge in [-0.25, -0.2) is 17.6 Å². The van der Waals surface area contributed by atoms with E-state index in [4.69, 9.17) is 4.74 Å². The number of hydrogen-bond donors (Lipinski definition) is 0. The standard InChI is InChI=1S/C26H40F4O/c1-14-2-3-19(13-31-14)15-4-6-16(7-5-15)20-12-18-9-8-17-10-11-21(27)25(29)22(17)23(18)26(30)24(20)28/h14-26H,2-13H2,1H3. The number of ether oxygens (including phenoxy) is 1. The lowest BCUT2D eigenvalue weighted by Gasteiger charge is -2.54. The molecule has 5 rings (SSSR count). The van der Waals surface area contributed by atoms with E-state index in [2.05, 4.69) is 6.92 Å². The lowest BCUT2D eigenvalue weighted by atomic mass is 9.53. The van der Waals surface area contributed by atoms with Crippen LogP contribution in [0.4, 0.5) is 17.6 Å². The monoisotopic (exact) mass is 444 g/mol. The summed E-state index contributed by atoms with van der Waals surface area (Å²) >= 11 is 0. The van der Waals surface area contributed by atoms with Crippen LogP contribution < -0.4 is 0 Å². The summed E-state index contributed by atoms with van der Waals surface area (Å²) in [6.45, 7) is 2.99. The molecule has 5 fully saturated rings. The van der Waals surface area contributed by atoms with Crippen LogP contribution in [0.15, 0.2) is 0 Å². The first kappa shape index (κ1) is 22.5. The van der Waals surface area contributed by atoms with Gasteiger partial charge in [0.15, 0.2) is 0 Å². The Bertz CT molecular complexity index is 596. The van der Waals surface area contributed by atoms with Gasteiger partial charge in [-0.05, 0) is 113 Å². The van der Waals surface area contributed by atoms with Crippen LogP contribution in [0.3, 0.4) is 0 Å². The van der Waals surface area contributed by atoms with E-state index in [9.17, 15) is 8.78 Å². The summed E-state index contributed by atoms with van der Waals surface area (Å²) in [6.07, 6.45) is 3.95. The summed E-state index contributed by atoms with van der Waals surface area (Å²) < 4.78 is 65.8. The molecule has 0 aromatic rings. The molecule has 0 radical (unpaired) electrons. The largest absolute Gasteiger partial charge is 0.378 e. The summed E-state index contributed by atoms with van der Waals surface area (Å²) in [6, 6.07) is 0. The molecular formula is C26H40F4O. The zero-order valence-corrected chi connectivity index (χ0v) is 18.9. The van der Waals surface area contributed by atoms with Gasteiger partial charge in [-0.15, -0.1) is 0 Å². The Morgan fingerprint density at radius 2 is 1.13 bits per heavy atom. The predicted octanol–water partition coefficient (Wildman–Crippen LogP) is 7.03. The molecular weight excluding hydrogens is 404 g/mol. The maximum absolute atomic E-state index is 15.5. The first-order valence-corrected chi connectivity index (χ1v) is 13.1. The number of alkyl halides is 4. The summed E-state index contributed by atoms with van der Waals surface area (Å²) in [5.74, 6) is 0.138. The average molecular weight is 445 g/mol. The quantitative estimate of drug-likeness (QED) is 0.415. The highest BCUT2D eigenvalue weighted by molar-refractivity contribution is 5.05. The molecule has 1 saturated heterocycles. The van der Waals surface area contributed by atoms with Gasteiger partial charge in [0.05, 0.1) is 12.7 Å². The molecule has 11 atom stereocenters. The van der Waals surface area contributed by atoms with Crippen molar-refractivity contribution in [3.8, 4) is 0 Å². The maximum Gasteiger partial charge on any atom is 0.135 e. The van der Waals surface area contributed by atoms with Crippen LogP contribution in [0.5, 0.6) is 0 Å². The second-order valence-electron chi connectivity index (χ2n) is 11.7. The van der Waals surface area contributed by atoms with Gasteiger partial charge in [-0.1, -0.05) is 0 Å². The van der Waals surface area contributed by atoms with Crippen molar-refractivity contribution in [2.75, 3.05) is 6.61 Å². The van der Waals surface area contributed by atoms with Crippen molar-refractivity contribution >= 4 is 0 Å².